The van der Waals surface area contributed by atoms with Crippen molar-refractivity contribution < 1.29 is 14.7 Å². The van der Waals surface area contributed by atoms with Crippen molar-refractivity contribution in [2.45, 2.75) is 26.3 Å². The molecule has 3 N–H and O–H groups in total. The highest BCUT2D eigenvalue weighted by atomic mass is 16.4. The van der Waals surface area contributed by atoms with Crippen LogP contribution in [0.5, 0.6) is 0 Å². The molecule has 0 spiro atoms. The van der Waals surface area contributed by atoms with Gasteiger partial charge in [-0.2, -0.15) is 0 Å². The molecule has 0 atom stereocenters. The lowest BCUT2D eigenvalue weighted by atomic mass is 10.0. The molecule has 2 heterocycles. The number of piperazine rings is 1. The monoisotopic (exact) mass is 397 g/mol. The van der Waals surface area contributed by atoms with Crippen molar-refractivity contribution in [2.75, 3.05) is 31.1 Å². The number of benzene rings is 1. The van der Waals surface area contributed by atoms with E-state index in [0.29, 0.717) is 0 Å². The van der Waals surface area contributed by atoms with Gasteiger partial charge >= 0.3 is 6.09 Å². The van der Waals surface area contributed by atoms with Crippen LogP contribution in [0.2, 0.25) is 0 Å². The first-order valence-corrected chi connectivity index (χ1v) is 9.71. The molecule has 1 fully saturated rings. The first kappa shape index (κ1) is 20.6. The van der Waals surface area contributed by atoms with E-state index in [9.17, 15) is 9.59 Å². The van der Waals surface area contributed by atoms with Crippen molar-refractivity contribution >= 4 is 17.7 Å². The molecule has 0 aliphatic carbocycles. The second kappa shape index (κ2) is 9.38. The smallest absolute Gasteiger partial charge is 0.421 e. The Labute approximate surface area is 170 Å². The van der Waals surface area contributed by atoms with Gasteiger partial charge in [-0.25, -0.2) is 15.6 Å². The van der Waals surface area contributed by atoms with Crippen LogP contribution < -0.4 is 10.7 Å². The Morgan fingerprint density at radius 3 is 2.45 bits per heavy atom. The normalized spacial score (nSPS) is 14.0. The molecule has 0 radical (unpaired) electrons. The fraction of sp³-hybridized carbons (Fsp3) is 0.381. The van der Waals surface area contributed by atoms with Gasteiger partial charge in [-0.15, -0.1) is 0 Å². The zero-order valence-electron chi connectivity index (χ0n) is 16.6. The molecule has 8 nitrogen and oxygen atoms in total. The van der Waals surface area contributed by atoms with Crippen LogP contribution in [0.15, 0.2) is 42.6 Å². The lowest BCUT2D eigenvalue weighted by molar-refractivity contribution is -0.129. The number of hydrogen-bond acceptors (Lipinski definition) is 5. The molecule has 3 rings (SSSR count). The molecule has 8 heteroatoms. The summed E-state index contributed by atoms with van der Waals surface area (Å²) in [6, 6.07) is 11.9. The van der Waals surface area contributed by atoms with Crippen LogP contribution >= 0.6 is 0 Å². The van der Waals surface area contributed by atoms with E-state index in [4.69, 9.17) is 10.9 Å². The summed E-state index contributed by atoms with van der Waals surface area (Å²) < 4.78 is 0. The fourth-order valence-corrected chi connectivity index (χ4v) is 3.45. The first-order valence-electron chi connectivity index (χ1n) is 9.71. The predicted octanol–water partition coefficient (Wildman–Crippen LogP) is 1.89. The Hall–Kier alpha value is -3.13. The van der Waals surface area contributed by atoms with Crippen LogP contribution in [-0.2, 0) is 24.2 Å². The lowest BCUT2D eigenvalue weighted by Gasteiger charge is -2.35. The van der Waals surface area contributed by atoms with Gasteiger partial charge in [0.25, 0.3) is 0 Å². The van der Waals surface area contributed by atoms with Gasteiger partial charge in [-0.05, 0) is 36.1 Å². The largest absolute Gasteiger partial charge is 0.464 e. The summed E-state index contributed by atoms with van der Waals surface area (Å²) in [6.45, 7) is 4.90. The molecule has 1 aliphatic rings. The number of hydrogen-bond donors (Lipinski definition) is 2. The number of anilines is 1. The topological polar surface area (TPSA) is 103 Å². The molecular weight excluding hydrogens is 370 g/mol. The molecule has 2 amide bonds. The average Bonchev–Trinajstić information content (AvgIpc) is 2.73. The summed E-state index contributed by atoms with van der Waals surface area (Å²) in [5, 5.41) is 9.66. The number of amides is 2. The van der Waals surface area contributed by atoms with Crippen molar-refractivity contribution in [3.8, 4) is 0 Å². The number of aromatic nitrogens is 1. The lowest BCUT2D eigenvalue weighted by Crippen LogP contribution is -2.48. The number of nitrogens with two attached hydrogens (primary N) is 1. The minimum atomic E-state index is -1.15. The number of pyridine rings is 1. The summed E-state index contributed by atoms with van der Waals surface area (Å²) in [5.74, 6) is 5.59. The molecule has 29 heavy (non-hydrogen) atoms. The Morgan fingerprint density at radius 2 is 1.83 bits per heavy atom. The maximum absolute atomic E-state index is 11.4. The van der Waals surface area contributed by atoms with Crippen LogP contribution in [0, 0.1) is 0 Å². The highest BCUT2D eigenvalue weighted by molar-refractivity contribution is 5.73. The van der Waals surface area contributed by atoms with E-state index in [0.717, 1.165) is 66.5 Å². The standard InChI is InChI=1S/C21H27N5O3/c1-16(27)24-9-11-25(12-10-24)20-8-7-19(23-14-20)6-5-17-3-2-4-18(13-17)15-26(22)21(28)29/h2-4,7-8,13-14H,5-6,9-12,15,22H2,1H3,(H,28,29). The summed E-state index contributed by atoms with van der Waals surface area (Å²) in [7, 11) is 0. The van der Waals surface area contributed by atoms with Crippen LogP contribution in [-0.4, -0.2) is 58.2 Å². The molecule has 1 aromatic heterocycles. The van der Waals surface area contributed by atoms with E-state index in [2.05, 4.69) is 16.0 Å². The van der Waals surface area contributed by atoms with E-state index >= 15 is 0 Å². The molecule has 0 saturated carbocycles. The van der Waals surface area contributed by atoms with E-state index < -0.39 is 6.09 Å². The van der Waals surface area contributed by atoms with Gasteiger partial charge in [0.2, 0.25) is 5.91 Å². The number of nitrogens with zero attached hydrogens (tertiary/aromatic N) is 4. The minimum Gasteiger partial charge on any atom is -0.464 e. The summed E-state index contributed by atoms with van der Waals surface area (Å²) >= 11 is 0. The van der Waals surface area contributed by atoms with Crippen molar-refractivity contribution in [3.63, 3.8) is 0 Å². The van der Waals surface area contributed by atoms with E-state index in [-0.39, 0.29) is 12.5 Å². The van der Waals surface area contributed by atoms with E-state index in [1.54, 1.807) is 6.92 Å². The molecular formula is C21H27N5O3. The second-order valence-corrected chi connectivity index (χ2v) is 7.23. The van der Waals surface area contributed by atoms with Gasteiger partial charge in [0, 0.05) is 38.8 Å². The summed E-state index contributed by atoms with van der Waals surface area (Å²) in [4.78, 5) is 31.0. The van der Waals surface area contributed by atoms with Crippen molar-refractivity contribution in [1.29, 1.82) is 0 Å². The number of carbonyl (C=O) groups is 2. The fourth-order valence-electron chi connectivity index (χ4n) is 3.45. The third kappa shape index (κ3) is 5.68. The highest BCUT2D eigenvalue weighted by Crippen LogP contribution is 2.17. The van der Waals surface area contributed by atoms with E-state index in [1.807, 2.05) is 41.4 Å². The molecule has 0 unspecified atom stereocenters. The van der Waals surface area contributed by atoms with Crippen LogP contribution in [0.3, 0.4) is 0 Å². The van der Waals surface area contributed by atoms with Gasteiger partial charge in [0.1, 0.15) is 0 Å². The zero-order valence-corrected chi connectivity index (χ0v) is 16.6. The van der Waals surface area contributed by atoms with Gasteiger partial charge in [-0.1, -0.05) is 24.3 Å². The Balaban J connectivity index is 1.53. The van der Waals surface area contributed by atoms with Crippen LogP contribution in [0.25, 0.3) is 0 Å². The van der Waals surface area contributed by atoms with E-state index in [1.165, 1.54) is 0 Å². The number of carbonyl (C=O) groups excluding carboxylic acids is 1. The Morgan fingerprint density at radius 1 is 1.10 bits per heavy atom. The third-order valence-electron chi connectivity index (χ3n) is 5.16. The van der Waals surface area contributed by atoms with Crippen molar-refractivity contribution in [1.82, 2.24) is 14.9 Å². The van der Waals surface area contributed by atoms with Gasteiger partial charge in [-0.3, -0.25) is 9.78 Å². The molecule has 0 bridgehead atoms. The van der Waals surface area contributed by atoms with Gasteiger partial charge in [0.15, 0.2) is 0 Å². The maximum Gasteiger partial charge on any atom is 0.421 e. The van der Waals surface area contributed by atoms with Crippen LogP contribution in [0.1, 0.15) is 23.7 Å². The van der Waals surface area contributed by atoms with Crippen molar-refractivity contribution in [2.24, 2.45) is 5.84 Å². The second-order valence-electron chi connectivity index (χ2n) is 7.23. The minimum absolute atomic E-state index is 0.129. The predicted molar refractivity (Wildman–Crippen MR) is 110 cm³/mol. The molecule has 1 aromatic carbocycles. The van der Waals surface area contributed by atoms with Crippen molar-refractivity contribution in [3.05, 3.63) is 59.4 Å². The number of hydrazine groups is 1. The van der Waals surface area contributed by atoms with Crippen LogP contribution in [0.4, 0.5) is 10.5 Å². The molecule has 2 aromatic rings. The average molecular weight is 397 g/mol. The maximum atomic E-state index is 11.4. The molecule has 1 aliphatic heterocycles. The third-order valence-corrected chi connectivity index (χ3v) is 5.16. The number of aryl methyl sites for hydroxylation is 2. The number of carboxylic acid groups (broad SMARTS) is 1. The summed E-state index contributed by atoms with van der Waals surface area (Å²) in [6.07, 6.45) is 2.36. The number of rotatable bonds is 6. The quantitative estimate of drug-likeness (QED) is 0.438. The molecule has 1 saturated heterocycles. The molecule has 154 valence electrons. The SMILES string of the molecule is CC(=O)N1CCN(c2ccc(CCc3cccc(CN(N)C(=O)O)c3)nc2)CC1. The Kier molecular flexibility index (Phi) is 6.66. The highest BCUT2D eigenvalue weighted by Gasteiger charge is 2.18. The zero-order chi connectivity index (χ0) is 20.8. The van der Waals surface area contributed by atoms with Gasteiger partial charge in [0.05, 0.1) is 18.4 Å². The Bertz CT molecular complexity index is 848. The first-order chi connectivity index (χ1) is 13.9. The summed E-state index contributed by atoms with van der Waals surface area (Å²) in [5.41, 5.74) is 4.07. The van der Waals surface area contributed by atoms with Gasteiger partial charge < -0.3 is 14.9 Å².